The summed E-state index contributed by atoms with van der Waals surface area (Å²) in [4.78, 5) is 0. The smallest absolute Gasteiger partial charge is 0.130 e. The maximum absolute atomic E-state index is 5.62. The second-order valence-corrected chi connectivity index (χ2v) is 4.62. The molecule has 0 aliphatic heterocycles. The highest BCUT2D eigenvalue weighted by Crippen LogP contribution is 2.15. The maximum Gasteiger partial charge on any atom is 0.130 e. The van der Waals surface area contributed by atoms with Crippen LogP contribution in [-0.4, -0.2) is 13.2 Å². The van der Waals surface area contributed by atoms with Crippen LogP contribution in [0.1, 0.15) is 30.9 Å². The molecule has 0 aliphatic carbocycles. The molecular formula is C14H23NO2. The molecule has 0 saturated carbocycles. The third-order valence-electron chi connectivity index (χ3n) is 2.42. The summed E-state index contributed by atoms with van der Waals surface area (Å²) in [5, 5.41) is 3.41. The van der Waals surface area contributed by atoms with Gasteiger partial charge in [-0.05, 0) is 25.5 Å². The summed E-state index contributed by atoms with van der Waals surface area (Å²) in [5.41, 5.74) is 1.21. The first-order valence-corrected chi connectivity index (χ1v) is 6.11. The van der Waals surface area contributed by atoms with E-state index in [4.69, 9.17) is 9.15 Å². The molecule has 3 nitrogen and oxygen atoms in total. The quantitative estimate of drug-likeness (QED) is 0.557. The molecule has 1 heterocycles. The number of ether oxygens (including phenoxy) is 1. The molecule has 3 heteroatoms. The Labute approximate surface area is 104 Å². The summed E-state index contributed by atoms with van der Waals surface area (Å²) in [7, 11) is 0. The van der Waals surface area contributed by atoms with E-state index in [2.05, 4.69) is 31.8 Å². The van der Waals surface area contributed by atoms with Crippen LogP contribution in [-0.2, 0) is 17.9 Å². The van der Waals surface area contributed by atoms with Crippen molar-refractivity contribution in [3.63, 3.8) is 0 Å². The fourth-order valence-electron chi connectivity index (χ4n) is 1.57. The Morgan fingerprint density at radius 2 is 2.29 bits per heavy atom. The van der Waals surface area contributed by atoms with E-state index in [1.807, 2.05) is 6.92 Å². The van der Waals surface area contributed by atoms with Crippen molar-refractivity contribution in [1.82, 2.24) is 5.32 Å². The molecule has 0 saturated heterocycles. The largest absolute Gasteiger partial charge is 0.464 e. The Kier molecular flexibility index (Phi) is 6.01. The molecule has 1 aromatic rings. The zero-order valence-electron chi connectivity index (χ0n) is 11.1. The van der Waals surface area contributed by atoms with Crippen molar-refractivity contribution >= 4 is 0 Å². The van der Waals surface area contributed by atoms with Gasteiger partial charge in [0.1, 0.15) is 18.1 Å². The van der Waals surface area contributed by atoms with Gasteiger partial charge >= 0.3 is 0 Å². The van der Waals surface area contributed by atoms with Crippen LogP contribution < -0.4 is 5.32 Å². The number of aryl methyl sites for hydroxylation is 1. The normalized spacial score (nSPS) is 11.1. The van der Waals surface area contributed by atoms with E-state index in [1.165, 1.54) is 5.56 Å². The Hall–Kier alpha value is -1.06. The van der Waals surface area contributed by atoms with Gasteiger partial charge in [0.25, 0.3) is 0 Å². The number of nitrogens with one attached hydrogen (secondary N) is 1. The summed E-state index contributed by atoms with van der Waals surface area (Å²) >= 11 is 0. The Bertz CT molecular complexity index is 342. The molecule has 0 bridgehead atoms. The van der Waals surface area contributed by atoms with Gasteiger partial charge in [-0.2, -0.15) is 0 Å². The van der Waals surface area contributed by atoms with Gasteiger partial charge in [0, 0.05) is 12.1 Å². The molecule has 1 aromatic heterocycles. The summed E-state index contributed by atoms with van der Waals surface area (Å²) in [6.07, 6.45) is 1.74. The Balaban J connectivity index is 2.41. The van der Waals surface area contributed by atoms with Crippen LogP contribution in [0.25, 0.3) is 0 Å². The Morgan fingerprint density at radius 3 is 2.94 bits per heavy atom. The van der Waals surface area contributed by atoms with Crippen molar-refractivity contribution < 1.29 is 9.15 Å². The monoisotopic (exact) mass is 237 g/mol. The van der Waals surface area contributed by atoms with Crippen LogP contribution in [0.3, 0.4) is 0 Å². The van der Waals surface area contributed by atoms with Crippen LogP contribution >= 0.6 is 0 Å². The molecule has 0 radical (unpaired) electrons. The zero-order chi connectivity index (χ0) is 12.7. The lowest BCUT2D eigenvalue weighted by Crippen LogP contribution is -2.18. The molecule has 96 valence electrons. The molecule has 0 fully saturated rings. The molecular weight excluding hydrogens is 214 g/mol. The van der Waals surface area contributed by atoms with Crippen LogP contribution in [0.4, 0.5) is 0 Å². The van der Waals surface area contributed by atoms with Gasteiger partial charge in [-0.25, -0.2) is 0 Å². The van der Waals surface area contributed by atoms with Crippen molar-refractivity contribution in [3.8, 4) is 0 Å². The molecule has 0 spiro atoms. The molecule has 0 unspecified atom stereocenters. The van der Waals surface area contributed by atoms with Crippen LogP contribution in [0.15, 0.2) is 23.1 Å². The van der Waals surface area contributed by atoms with E-state index < -0.39 is 0 Å². The van der Waals surface area contributed by atoms with E-state index in [-0.39, 0.29) is 0 Å². The molecule has 17 heavy (non-hydrogen) atoms. The lowest BCUT2D eigenvalue weighted by Gasteiger charge is -2.05. The summed E-state index contributed by atoms with van der Waals surface area (Å²) in [5.74, 6) is 2.52. The summed E-state index contributed by atoms with van der Waals surface area (Å²) in [6, 6.07) is 2.06. The minimum atomic E-state index is 0.511. The summed E-state index contributed by atoms with van der Waals surface area (Å²) < 4.78 is 11.0. The van der Waals surface area contributed by atoms with E-state index in [9.17, 15) is 0 Å². The Morgan fingerprint density at radius 1 is 1.53 bits per heavy atom. The predicted octanol–water partition coefficient (Wildman–Crippen LogP) is 3.04. The highest BCUT2D eigenvalue weighted by molar-refractivity contribution is 5.20. The number of hydrogen-bond acceptors (Lipinski definition) is 3. The lowest BCUT2D eigenvalue weighted by molar-refractivity contribution is 0.131. The summed E-state index contributed by atoms with van der Waals surface area (Å²) in [6.45, 7) is 12.9. The molecule has 0 atom stereocenters. The van der Waals surface area contributed by atoms with E-state index >= 15 is 0 Å². The third-order valence-corrected chi connectivity index (χ3v) is 2.42. The second-order valence-electron chi connectivity index (χ2n) is 4.62. The van der Waals surface area contributed by atoms with Gasteiger partial charge in [-0.15, -0.1) is 6.58 Å². The van der Waals surface area contributed by atoms with Gasteiger partial charge in [0.05, 0.1) is 6.61 Å². The minimum absolute atomic E-state index is 0.511. The number of rotatable bonds is 8. The minimum Gasteiger partial charge on any atom is -0.464 e. The zero-order valence-corrected chi connectivity index (χ0v) is 11.1. The van der Waals surface area contributed by atoms with Crippen molar-refractivity contribution in [2.45, 2.75) is 33.9 Å². The SMILES string of the molecule is C=CCOCc1cc(CNCC(C)C)c(C)o1. The molecule has 1 N–H and O–H groups in total. The standard InChI is InChI=1S/C14H23NO2/c1-5-6-16-10-14-7-13(12(4)17-14)9-15-8-11(2)3/h5,7,11,15H,1,6,8-10H2,2-4H3. The van der Waals surface area contributed by atoms with Crippen LogP contribution in [0.2, 0.25) is 0 Å². The first kappa shape index (κ1) is 14.0. The van der Waals surface area contributed by atoms with E-state index in [0.717, 1.165) is 24.6 Å². The van der Waals surface area contributed by atoms with Crippen molar-refractivity contribution in [3.05, 3.63) is 35.8 Å². The third kappa shape index (κ3) is 5.20. The first-order chi connectivity index (χ1) is 8.13. The van der Waals surface area contributed by atoms with Gasteiger partial charge in [0.2, 0.25) is 0 Å². The van der Waals surface area contributed by atoms with Gasteiger partial charge in [-0.3, -0.25) is 0 Å². The van der Waals surface area contributed by atoms with Crippen molar-refractivity contribution in [1.29, 1.82) is 0 Å². The molecule has 0 aliphatic rings. The van der Waals surface area contributed by atoms with Crippen molar-refractivity contribution in [2.75, 3.05) is 13.2 Å². The fraction of sp³-hybridized carbons (Fsp3) is 0.571. The highest BCUT2D eigenvalue weighted by atomic mass is 16.5. The van der Waals surface area contributed by atoms with Crippen molar-refractivity contribution in [2.24, 2.45) is 5.92 Å². The van der Waals surface area contributed by atoms with E-state index in [0.29, 0.717) is 19.1 Å². The molecule has 0 aromatic carbocycles. The average molecular weight is 237 g/mol. The van der Waals surface area contributed by atoms with Crippen LogP contribution in [0.5, 0.6) is 0 Å². The fourth-order valence-corrected chi connectivity index (χ4v) is 1.57. The van der Waals surface area contributed by atoms with E-state index in [1.54, 1.807) is 6.08 Å². The van der Waals surface area contributed by atoms with Gasteiger partial charge in [0.15, 0.2) is 0 Å². The lowest BCUT2D eigenvalue weighted by atomic mass is 10.2. The van der Waals surface area contributed by atoms with Crippen LogP contribution in [0, 0.1) is 12.8 Å². The van der Waals surface area contributed by atoms with Gasteiger partial charge < -0.3 is 14.5 Å². The highest BCUT2D eigenvalue weighted by Gasteiger charge is 2.07. The average Bonchev–Trinajstić information content (AvgIpc) is 2.60. The predicted molar refractivity (Wildman–Crippen MR) is 69.8 cm³/mol. The van der Waals surface area contributed by atoms with Gasteiger partial charge in [-0.1, -0.05) is 19.9 Å². The topological polar surface area (TPSA) is 34.4 Å². The molecule has 0 amide bonds. The maximum atomic E-state index is 5.62. The molecule has 1 rings (SSSR count). The first-order valence-electron chi connectivity index (χ1n) is 6.11. The number of hydrogen-bond donors (Lipinski definition) is 1. The number of furan rings is 1. The second kappa shape index (κ2) is 7.30.